The molecule has 0 amide bonds. The van der Waals surface area contributed by atoms with E-state index in [-0.39, 0.29) is 35.1 Å². The van der Waals surface area contributed by atoms with Crippen molar-refractivity contribution < 1.29 is 0 Å². The van der Waals surface area contributed by atoms with Crippen molar-refractivity contribution in [3.05, 3.63) is 112 Å². The summed E-state index contributed by atoms with van der Waals surface area (Å²) in [6.45, 7) is 33.0. The van der Waals surface area contributed by atoms with Crippen LogP contribution < -0.4 is 9.06 Å². The van der Waals surface area contributed by atoms with Crippen molar-refractivity contribution in [2.24, 2.45) is 0 Å². The molecular weight excluding hydrogens is 577 g/mol. The van der Waals surface area contributed by atoms with Gasteiger partial charge in [0.2, 0.25) is 0 Å². The van der Waals surface area contributed by atoms with Gasteiger partial charge in [0, 0.05) is 11.1 Å². The van der Waals surface area contributed by atoms with Gasteiger partial charge in [-0.05, 0) is 69.2 Å². The summed E-state index contributed by atoms with van der Waals surface area (Å²) in [5.74, 6) is 1.02. The zero-order chi connectivity index (χ0) is 32.3. The molecule has 0 aliphatic rings. The molecule has 2 aromatic heterocycles. The minimum absolute atomic E-state index is 0.0423. The van der Waals surface area contributed by atoms with E-state index in [1.807, 2.05) is 12.1 Å². The first-order valence-electron chi connectivity index (χ1n) is 14.8. The maximum absolute atomic E-state index is 9.90. The van der Waals surface area contributed by atoms with Crippen molar-refractivity contribution >= 4 is 34.1 Å². The van der Waals surface area contributed by atoms with E-state index in [2.05, 4.69) is 114 Å². The Bertz CT molecular complexity index is 1890. The quantitative estimate of drug-likeness (QED) is 0.204. The number of hydrogen-bond acceptors (Lipinski definition) is 4. The van der Waals surface area contributed by atoms with Crippen LogP contribution >= 0.6 is 22.7 Å². The molecule has 4 nitrogen and oxygen atoms in total. The van der Waals surface area contributed by atoms with E-state index in [9.17, 15) is 10.5 Å². The highest BCUT2D eigenvalue weighted by Crippen LogP contribution is 2.41. The smallest absolute Gasteiger partial charge is 0.192 e. The Morgan fingerprint density at radius 1 is 0.614 bits per heavy atom. The number of nitrogens with zero attached hydrogens (tertiary/aromatic N) is 4. The van der Waals surface area contributed by atoms with Crippen LogP contribution in [0, 0.1) is 44.9 Å². The Labute approximate surface area is 268 Å². The van der Waals surface area contributed by atoms with E-state index in [0.29, 0.717) is 9.06 Å². The molecule has 0 saturated carbocycles. The summed E-state index contributed by atoms with van der Waals surface area (Å²) in [7, 11) is 0. The van der Waals surface area contributed by atoms with Crippen molar-refractivity contribution in [3.63, 3.8) is 0 Å². The molecule has 2 heterocycles. The maximum Gasteiger partial charge on any atom is 0.536 e. The first kappa shape index (κ1) is 32.5. The molecule has 0 bridgehead atoms. The van der Waals surface area contributed by atoms with E-state index in [0.717, 1.165) is 31.3 Å². The highest BCUT2D eigenvalue weighted by atomic mass is 32.1. The van der Waals surface area contributed by atoms with Gasteiger partial charge in [-0.2, -0.15) is 20.2 Å². The molecule has 6 heteroatoms. The number of nitriles is 2. The van der Waals surface area contributed by atoms with E-state index < -0.39 is 0 Å². The zero-order valence-corrected chi connectivity index (χ0v) is 28.2. The van der Waals surface area contributed by atoms with Gasteiger partial charge in [-0.1, -0.05) is 91.8 Å². The van der Waals surface area contributed by atoms with E-state index in [4.69, 9.17) is 13.1 Å². The van der Waals surface area contributed by atoms with Crippen LogP contribution in [-0.2, 0) is 0 Å². The summed E-state index contributed by atoms with van der Waals surface area (Å²) >= 11 is 2.90. The normalized spacial score (nSPS) is 11.8. The Morgan fingerprint density at radius 2 is 0.955 bits per heavy atom. The van der Waals surface area contributed by atoms with Crippen LogP contribution in [0.1, 0.15) is 101 Å². The van der Waals surface area contributed by atoms with E-state index in [1.165, 1.54) is 44.9 Å². The molecule has 0 radical (unpaired) electrons. The molecule has 4 aromatic rings. The summed E-state index contributed by atoms with van der Waals surface area (Å²) in [6, 6.07) is 21.1. The molecule has 0 saturated heterocycles. The Morgan fingerprint density at radius 3 is 1.27 bits per heavy atom. The van der Waals surface area contributed by atoms with Gasteiger partial charge in [0.25, 0.3) is 0 Å². The summed E-state index contributed by atoms with van der Waals surface area (Å²) in [6.07, 6.45) is 0. The lowest BCUT2D eigenvalue weighted by Gasteiger charge is -2.20. The van der Waals surface area contributed by atoms with E-state index >= 15 is 0 Å². The number of rotatable bonds is 6. The van der Waals surface area contributed by atoms with E-state index in [1.54, 1.807) is 0 Å². The maximum atomic E-state index is 9.90. The second-order valence-corrected chi connectivity index (χ2v) is 14.2. The molecule has 4 rings (SSSR count). The van der Waals surface area contributed by atoms with Crippen LogP contribution in [0.25, 0.3) is 43.3 Å². The summed E-state index contributed by atoms with van der Waals surface area (Å²) < 4.78 is 3.15. The van der Waals surface area contributed by atoms with Crippen molar-refractivity contribution in [1.82, 2.24) is 0 Å². The predicted octanol–water partition coefficient (Wildman–Crippen LogP) is 10.0. The average Bonchev–Trinajstić information content (AvgIpc) is 3.62. The highest BCUT2D eigenvalue weighted by Gasteiger charge is 2.23. The molecule has 0 atom stereocenters. The van der Waals surface area contributed by atoms with Crippen LogP contribution in [0.2, 0.25) is 0 Å². The number of benzene rings is 2. The van der Waals surface area contributed by atoms with Crippen molar-refractivity contribution in [3.8, 4) is 34.4 Å². The third kappa shape index (κ3) is 5.98. The van der Waals surface area contributed by atoms with Crippen LogP contribution in [0.4, 0.5) is 0 Å². The fourth-order valence-corrected chi connectivity index (χ4v) is 8.09. The number of thiophene rings is 2. The second-order valence-electron chi connectivity index (χ2n) is 12.1. The van der Waals surface area contributed by atoms with Gasteiger partial charge in [0.05, 0.1) is 13.6 Å². The Kier molecular flexibility index (Phi) is 9.92. The van der Waals surface area contributed by atoms with Gasteiger partial charge >= 0.3 is 5.82 Å². The SMILES string of the molecule is [C-]#[N+]C([N+]#[C-])=c1cc(-c2c(C(C)C)cccc2C(C)C)/c(=c2\sc(=C(C#N)C#N)cc2-c2c(C(C)C)cccc2C(C)C)s1. The topological polar surface area (TPSA) is 56.3 Å². The third-order valence-corrected chi connectivity index (χ3v) is 10.3. The molecule has 2 aromatic carbocycles. The van der Waals surface area contributed by atoms with Gasteiger partial charge < -0.3 is 0 Å². The van der Waals surface area contributed by atoms with Crippen LogP contribution in [0.3, 0.4) is 0 Å². The molecule has 0 aliphatic heterocycles. The lowest BCUT2D eigenvalue weighted by Crippen LogP contribution is -2.01. The highest BCUT2D eigenvalue weighted by molar-refractivity contribution is 7.12. The van der Waals surface area contributed by atoms with Crippen molar-refractivity contribution in [2.45, 2.75) is 79.1 Å². The molecule has 220 valence electrons. The largest absolute Gasteiger partial charge is 0.536 e. The predicted molar refractivity (Wildman–Crippen MR) is 184 cm³/mol. The van der Waals surface area contributed by atoms with Gasteiger partial charge in [-0.3, -0.25) is 0 Å². The van der Waals surface area contributed by atoms with Crippen LogP contribution in [-0.4, -0.2) is 0 Å². The summed E-state index contributed by atoms with van der Waals surface area (Å²) in [5, 5.41) is 19.8. The van der Waals surface area contributed by atoms with Gasteiger partial charge in [-0.15, -0.1) is 22.7 Å². The van der Waals surface area contributed by atoms with Crippen molar-refractivity contribution in [1.29, 1.82) is 10.5 Å². The average molecular weight is 613 g/mol. The minimum Gasteiger partial charge on any atom is -0.192 e. The minimum atomic E-state index is 0.0423. The van der Waals surface area contributed by atoms with Gasteiger partial charge in [0.1, 0.15) is 35.4 Å². The lowest BCUT2D eigenvalue weighted by molar-refractivity contribution is 0.837. The molecule has 44 heavy (non-hydrogen) atoms. The monoisotopic (exact) mass is 612 g/mol. The third-order valence-electron chi connectivity index (χ3n) is 7.86. The van der Waals surface area contributed by atoms with Crippen LogP contribution in [0.15, 0.2) is 48.5 Å². The molecular formula is C38H36N4S2. The summed E-state index contributed by atoms with van der Waals surface area (Å²) in [4.78, 5) is 7.17. The first-order valence-corrected chi connectivity index (χ1v) is 16.5. The lowest BCUT2D eigenvalue weighted by atomic mass is 9.84. The molecule has 0 fully saturated rings. The van der Waals surface area contributed by atoms with Crippen LogP contribution in [0.5, 0.6) is 0 Å². The van der Waals surface area contributed by atoms with Gasteiger partial charge in [-0.25, -0.2) is 0 Å². The Hall–Kier alpha value is -4.46. The molecule has 0 spiro atoms. The fourth-order valence-electron chi connectivity index (χ4n) is 5.72. The first-order chi connectivity index (χ1) is 21.0. The molecule has 0 N–H and O–H groups in total. The fraction of sp³-hybridized carbons (Fsp3) is 0.316. The summed E-state index contributed by atoms with van der Waals surface area (Å²) in [5.41, 5.74) is 9.14. The second kappa shape index (κ2) is 13.5. The molecule has 0 aliphatic carbocycles. The van der Waals surface area contributed by atoms with Crippen molar-refractivity contribution in [2.75, 3.05) is 0 Å². The Balaban J connectivity index is 2.47. The number of hydrogen-bond donors (Lipinski definition) is 0. The van der Waals surface area contributed by atoms with Gasteiger partial charge in [0.15, 0.2) is 0 Å². The zero-order valence-electron chi connectivity index (χ0n) is 26.5. The molecule has 0 unspecified atom stereocenters. The standard InChI is InChI=1S/C38H36N4S2/c1-21(2)26-13-11-14-27(22(3)4)34(26)30-17-32(25(19-39)20-40)43-36(30)37-31(18-33(44-37)38(41-9)42-10)35-28(23(5)6)15-12-16-29(35)24(7)8/h11-18,21-24H,1-8H3/b37-36+.